The van der Waals surface area contributed by atoms with Crippen molar-refractivity contribution < 1.29 is 19.4 Å². The van der Waals surface area contributed by atoms with Gasteiger partial charge in [-0.05, 0) is 37.3 Å². The number of hydrogen-bond donors (Lipinski definition) is 1. The third-order valence-electron chi connectivity index (χ3n) is 4.46. The molecule has 1 fully saturated rings. The molecule has 118 valence electrons. The molecule has 1 N–H and O–H groups in total. The highest BCUT2D eigenvalue weighted by molar-refractivity contribution is 5.84. The lowest BCUT2D eigenvalue weighted by atomic mass is 9.95. The van der Waals surface area contributed by atoms with Crippen molar-refractivity contribution in [3.05, 3.63) is 35.4 Å². The summed E-state index contributed by atoms with van der Waals surface area (Å²) in [6, 6.07) is 7.30. The van der Waals surface area contributed by atoms with Crippen LogP contribution in [0.25, 0.3) is 0 Å². The molecule has 1 aromatic rings. The molecule has 2 atom stereocenters. The number of carbonyl (C=O) groups excluding carboxylic acids is 1. The van der Waals surface area contributed by atoms with Gasteiger partial charge in [0.1, 0.15) is 6.04 Å². The minimum absolute atomic E-state index is 0.0810. The van der Waals surface area contributed by atoms with Crippen LogP contribution in [0, 0.1) is 0 Å². The number of fused-ring (bicyclic) bond motifs is 1. The van der Waals surface area contributed by atoms with E-state index in [0.717, 1.165) is 24.8 Å². The van der Waals surface area contributed by atoms with Crippen LogP contribution >= 0.6 is 0 Å². The Morgan fingerprint density at radius 3 is 2.77 bits per heavy atom. The number of carbonyl (C=O) groups is 2. The van der Waals surface area contributed by atoms with E-state index >= 15 is 0 Å². The lowest BCUT2D eigenvalue weighted by molar-refractivity contribution is -0.151. The molecule has 5 heteroatoms. The quantitative estimate of drug-likeness (QED) is 0.905. The van der Waals surface area contributed by atoms with Gasteiger partial charge in [0.05, 0.1) is 19.1 Å². The van der Waals surface area contributed by atoms with Gasteiger partial charge in [0.2, 0.25) is 5.91 Å². The molecular formula is C17H21NO4. The molecule has 0 saturated heterocycles. The van der Waals surface area contributed by atoms with Crippen molar-refractivity contribution in [3.8, 4) is 0 Å². The van der Waals surface area contributed by atoms with Gasteiger partial charge < -0.3 is 14.7 Å². The number of benzene rings is 1. The second-order valence-electron chi connectivity index (χ2n) is 6.06. The number of carboxylic acids is 1. The van der Waals surface area contributed by atoms with Gasteiger partial charge in [0, 0.05) is 6.04 Å². The van der Waals surface area contributed by atoms with Gasteiger partial charge in [-0.2, -0.15) is 0 Å². The largest absolute Gasteiger partial charge is 0.480 e. The smallest absolute Gasteiger partial charge is 0.326 e. The number of aliphatic carboxylic acids is 1. The molecule has 0 radical (unpaired) electrons. The molecule has 0 aromatic heterocycles. The van der Waals surface area contributed by atoms with Crippen LogP contribution in [0.1, 0.15) is 43.4 Å². The summed E-state index contributed by atoms with van der Waals surface area (Å²) in [5, 5.41) is 9.22. The molecule has 0 spiro atoms. The number of nitrogens with zero attached hydrogens (tertiary/aromatic N) is 1. The van der Waals surface area contributed by atoms with Crippen LogP contribution < -0.4 is 0 Å². The van der Waals surface area contributed by atoms with Crippen LogP contribution in [0.3, 0.4) is 0 Å². The Bertz CT molecular complexity index is 582. The van der Waals surface area contributed by atoms with E-state index in [1.54, 1.807) is 6.92 Å². The van der Waals surface area contributed by atoms with Crippen LogP contribution in [0.4, 0.5) is 0 Å². The zero-order valence-electron chi connectivity index (χ0n) is 12.7. The topological polar surface area (TPSA) is 66.8 Å². The Hall–Kier alpha value is -1.88. The van der Waals surface area contributed by atoms with E-state index in [1.165, 1.54) is 10.5 Å². The summed E-state index contributed by atoms with van der Waals surface area (Å²) in [6.45, 7) is 2.18. The van der Waals surface area contributed by atoms with Crippen LogP contribution in [0.2, 0.25) is 0 Å². The first kappa shape index (κ1) is 15.0. The molecule has 0 bridgehead atoms. The van der Waals surface area contributed by atoms with Crippen LogP contribution in [-0.2, 0) is 20.7 Å². The van der Waals surface area contributed by atoms with Crippen molar-refractivity contribution in [2.45, 2.75) is 50.8 Å². The lowest BCUT2D eigenvalue weighted by Crippen LogP contribution is -2.45. The number of amides is 1. The van der Waals surface area contributed by atoms with Gasteiger partial charge in [-0.15, -0.1) is 0 Å². The van der Waals surface area contributed by atoms with Gasteiger partial charge in [0.25, 0.3) is 0 Å². The fourth-order valence-electron chi connectivity index (χ4n) is 3.12. The first-order valence-corrected chi connectivity index (χ1v) is 7.81. The Morgan fingerprint density at radius 2 is 2.09 bits per heavy atom. The zero-order chi connectivity index (χ0) is 15.7. The Balaban J connectivity index is 1.75. The summed E-state index contributed by atoms with van der Waals surface area (Å²) in [7, 11) is 0. The van der Waals surface area contributed by atoms with Crippen molar-refractivity contribution in [3.63, 3.8) is 0 Å². The Labute approximate surface area is 129 Å². The first-order chi connectivity index (χ1) is 10.6. The maximum absolute atomic E-state index is 12.6. The maximum Gasteiger partial charge on any atom is 0.326 e. The minimum Gasteiger partial charge on any atom is -0.480 e. The van der Waals surface area contributed by atoms with Gasteiger partial charge in [-0.3, -0.25) is 4.79 Å². The fourth-order valence-corrected chi connectivity index (χ4v) is 3.12. The Kier molecular flexibility index (Phi) is 4.16. The highest BCUT2D eigenvalue weighted by Gasteiger charge is 2.39. The van der Waals surface area contributed by atoms with Crippen LogP contribution in [0.15, 0.2) is 24.3 Å². The highest BCUT2D eigenvalue weighted by atomic mass is 16.5. The summed E-state index contributed by atoms with van der Waals surface area (Å²) < 4.78 is 5.77. The Morgan fingerprint density at radius 1 is 1.36 bits per heavy atom. The van der Waals surface area contributed by atoms with Crippen molar-refractivity contribution in [1.82, 2.24) is 4.90 Å². The van der Waals surface area contributed by atoms with E-state index < -0.39 is 12.0 Å². The molecule has 3 rings (SSSR count). The van der Waals surface area contributed by atoms with E-state index in [2.05, 4.69) is 6.07 Å². The molecule has 5 nitrogen and oxygen atoms in total. The predicted octanol–water partition coefficient (Wildman–Crippen LogP) is 2.15. The van der Waals surface area contributed by atoms with Gasteiger partial charge in [0.15, 0.2) is 0 Å². The standard InChI is InChI=1S/C17H21NO4/c1-11(17(20)21)18(13-6-7-13)16(19)10-15-14-5-3-2-4-12(14)8-9-22-15/h2-5,11,13,15H,6-10H2,1H3,(H,20,21). The van der Waals surface area contributed by atoms with Crippen LogP contribution in [0.5, 0.6) is 0 Å². The second kappa shape index (κ2) is 6.08. The SMILES string of the molecule is CC(C(=O)O)N(C(=O)CC1OCCc2ccccc21)C1CC1. The minimum atomic E-state index is -0.954. The van der Waals surface area contributed by atoms with Gasteiger partial charge >= 0.3 is 5.97 Å². The fraction of sp³-hybridized carbons (Fsp3) is 0.529. The average molecular weight is 303 g/mol. The molecule has 22 heavy (non-hydrogen) atoms. The number of carboxylic acid groups (broad SMARTS) is 1. The molecule has 2 unspecified atom stereocenters. The van der Waals surface area contributed by atoms with E-state index in [0.29, 0.717) is 6.61 Å². The summed E-state index contributed by atoms with van der Waals surface area (Å²) in [6.07, 6.45) is 2.60. The van der Waals surface area contributed by atoms with E-state index in [1.807, 2.05) is 18.2 Å². The molecule has 1 amide bonds. The molecule has 2 aliphatic rings. The van der Waals surface area contributed by atoms with Gasteiger partial charge in [-0.1, -0.05) is 24.3 Å². The molecule has 1 aliphatic carbocycles. The van der Waals surface area contributed by atoms with Crippen molar-refractivity contribution in [1.29, 1.82) is 0 Å². The summed E-state index contributed by atoms with van der Waals surface area (Å²) in [5.74, 6) is -1.08. The van der Waals surface area contributed by atoms with Crippen molar-refractivity contribution in [2.75, 3.05) is 6.61 Å². The van der Waals surface area contributed by atoms with E-state index in [-0.39, 0.29) is 24.5 Å². The second-order valence-corrected chi connectivity index (χ2v) is 6.06. The van der Waals surface area contributed by atoms with Crippen LogP contribution in [-0.4, -0.2) is 40.6 Å². The molecule has 1 heterocycles. The highest BCUT2D eigenvalue weighted by Crippen LogP contribution is 2.34. The van der Waals surface area contributed by atoms with Gasteiger partial charge in [-0.25, -0.2) is 4.79 Å². The molecular weight excluding hydrogens is 282 g/mol. The van der Waals surface area contributed by atoms with Crippen molar-refractivity contribution in [2.24, 2.45) is 0 Å². The monoisotopic (exact) mass is 303 g/mol. The maximum atomic E-state index is 12.6. The zero-order valence-corrected chi connectivity index (χ0v) is 12.7. The molecule has 1 saturated carbocycles. The third-order valence-corrected chi connectivity index (χ3v) is 4.46. The lowest BCUT2D eigenvalue weighted by Gasteiger charge is -2.30. The van der Waals surface area contributed by atoms with Crippen molar-refractivity contribution >= 4 is 11.9 Å². The molecule has 1 aliphatic heterocycles. The molecule has 1 aromatic carbocycles. The average Bonchev–Trinajstić information content (AvgIpc) is 3.32. The summed E-state index contributed by atoms with van der Waals surface area (Å²) >= 11 is 0. The third kappa shape index (κ3) is 2.99. The summed E-state index contributed by atoms with van der Waals surface area (Å²) in [4.78, 5) is 25.4. The normalized spacial score (nSPS) is 21.8. The number of rotatable bonds is 5. The number of ether oxygens (including phenoxy) is 1. The van der Waals surface area contributed by atoms with E-state index in [9.17, 15) is 14.7 Å². The number of hydrogen-bond acceptors (Lipinski definition) is 3. The summed E-state index contributed by atoms with van der Waals surface area (Å²) in [5.41, 5.74) is 2.27. The predicted molar refractivity (Wildman–Crippen MR) is 80.4 cm³/mol. The first-order valence-electron chi connectivity index (χ1n) is 7.81. The van der Waals surface area contributed by atoms with E-state index in [4.69, 9.17) is 4.74 Å².